The van der Waals surface area contributed by atoms with Crippen LogP contribution < -0.4 is 0 Å². The van der Waals surface area contributed by atoms with E-state index in [1.807, 2.05) is 0 Å². The molecular weight excluding hydrogens is 1190 g/mol. The van der Waals surface area contributed by atoms with Gasteiger partial charge in [0.05, 0.1) is 65.8 Å². The fourth-order valence-corrected chi connectivity index (χ4v) is 13.8. The normalized spacial score (nSPS) is 21.5. The summed E-state index contributed by atoms with van der Waals surface area (Å²) >= 11 is 0. The Morgan fingerprint density at radius 1 is 0.276 bits per heavy atom. The smallest absolute Gasteiger partial charge is 0.143 e. The molecule has 0 atom stereocenters. The van der Waals surface area contributed by atoms with Crippen LogP contribution in [0.1, 0.15) is 124 Å². The topological polar surface area (TPSA) is 26.3 Å². The first-order chi connectivity index (χ1) is 70.7. The van der Waals surface area contributed by atoms with Crippen molar-refractivity contribution in [2.45, 2.75) is 38.4 Å². The Labute approximate surface area is 643 Å². The van der Waals surface area contributed by atoms with Gasteiger partial charge in [0.2, 0.25) is 0 Å². The fraction of sp³-hybridized carbons (Fsp3) is 0.0625. The maximum atomic E-state index is 10.2. The van der Waals surface area contributed by atoms with Crippen LogP contribution >= 0.6 is 0 Å². The van der Waals surface area contributed by atoms with Gasteiger partial charge in [-0.1, -0.05) is 306 Å². The van der Waals surface area contributed by atoms with Crippen LogP contribution in [0.4, 0.5) is 0 Å². The van der Waals surface area contributed by atoms with Crippen LogP contribution in [0.25, 0.3) is 186 Å². The molecule has 0 spiro atoms. The van der Waals surface area contributed by atoms with Crippen molar-refractivity contribution >= 4 is 109 Å². The van der Waals surface area contributed by atoms with Gasteiger partial charge in [-0.05, 0) is 190 Å². The Bertz CT molecular complexity index is 9680. The van der Waals surface area contributed by atoms with E-state index in [0.717, 1.165) is 0 Å². The summed E-state index contributed by atoms with van der Waals surface area (Å²) in [6.07, 6.45) is 0. The second-order valence-corrected chi connectivity index (χ2v) is 23.4. The van der Waals surface area contributed by atoms with Crippen molar-refractivity contribution in [2.75, 3.05) is 0 Å². The largest absolute Gasteiger partial charge is 0.455 e. The van der Waals surface area contributed by atoms with E-state index in [-0.39, 0.29) is 27.8 Å². The molecule has 2 heterocycles. The molecule has 0 amide bonds. The number of benzene rings is 17. The Morgan fingerprint density at radius 3 is 1.19 bits per heavy atom. The highest BCUT2D eigenvalue weighted by Gasteiger charge is 2.39. The average Bonchev–Trinajstić information content (AvgIpc) is 1.46. The van der Waals surface area contributed by atoms with Crippen LogP contribution in [0.3, 0.4) is 0 Å². The number of rotatable bonds is 5. The van der Waals surface area contributed by atoms with E-state index in [2.05, 4.69) is 0 Å². The lowest BCUT2D eigenvalue weighted by Gasteiger charge is -2.26. The van der Waals surface area contributed by atoms with Crippen molar-refractivity contribution in [2.24, 2.45) is 0 Å². The molecule has 2 nitrogen and oxygen atoms in total. The van der Waals surface area contributed by atoms with E-state index in [4.69, 9.17) is 54.1 Å². The molecule has 2 aliphatic rings. The zero-order valence-electron chi connectivity index (χ0n) is 104. The van der Waals surface area contributed by atoms with E-state index in [0.29, 0.717) is 0 Å². The second-order valence-electron chi connectivity index (χ2n) is 23.4. The van der Waals surface area contributed by atoms with Crippen LogP contribution in [0.2, 0.25) is 0 Å². The van der Waals surface area contributed by atoms with Crippen molar-refractivity contribution < 1.29 is 82.9 Å². The molecule has 0 unspecified atom stereocenters. The maximum absolute atomic E-state index is 10.2. The zero-order valence-corrected chi connectivity index (χ0v) is 50.1. The molecule has 21 rings (SSSR count). The van der Waals surface area contributed by atoms with Gasteiger partial charge in [0.1, 0.15) is 22.3 Å². The summed E-state index contributed by atoms with van der Waals surface area (Å²) in [7, 11) is 0. The van der Waals surface area contributed by atoms with Crippen LogP contribution in [-0.4, -0.2) is 0 Å². The van der Waals surface area contributed by atoms with Gasteiger partial charge in [-0.2, -0.15) is 0 Å². The molecular formula is C96H64O2. The molecule has 0 N–H and O–H groups in total. The van der Waals surface area contributed by atoms with E-state index in [1.54, 1.807) is 0 Å². The fourth-order valence-electron chi connectivity index (χ4n) is 13.8. The Kier molecular flexibility index (Phi) is 5.30. The highest BCUT2D eigenvalue weighted by atomic mass is 16.3. The Balaban J connectivity index is 0.000000184. The third kappa shape index (κ3) is 8.09. The molecule has 0 radical (unpaired) electrons. The molecule has 17 aromatic carbocycles. The van der Waals surface area contributed by atoms with E-state index in [9.17, 15) is 28.8 Å². The third-order valence-electron chi connectivity index (χ3n) is 18.0. The molecule has 0 aliphatic heterocycles. The van der Waals surface area contributed by atoms with Gasteiger partial charge in [0.15, 0.2) is 0 Å². The quantitative estimate of drug-likeness (QED) is 0.161. The predicted octanol–water partition coefficient (Wildman–Crippen LogP) is 27.0. The molecule has 2 heteroatoms. The first-order valence-electron chi connectivity index (χ1n) is 56.9. The average molecular weight is 1300 g/mol. The molecule has 0 bridgehead atoms. The number of fused-ring (bicyclic) bond motifs is 20. The van der Waals surface area contributed by atoms with E-state index < -0.39 is 495 Å². The van der Waals surface area contributed by atoms with Gasteiger partial charge in [-0.15, -0.1) is 0 Å². The van der Waals surface area contributed by atoms with Gasteiger partial charge in [0, 0.05) is 51.4 Å². The first-order valence-corrected chi connectivity index (χ1v) is 29.9. The number of hydrogen-bond donors (Lipinski definition) is 0. The maximum Gasteiger partial charge on any atom is 0.143 e. The molecule has 0 saturated carbocycles. The highest BCUT2D eigenvalue weighted by Crippen LogP contribution is 2.57. The predicted molar refractivity (Wildman–Crippen MR) is 415 cm³/mol. The first kappa shape index (κ1) is 24.5. The number of hydrogen-bond acceptors (Lipinski definition) is 2. The van der Waals surface area contributed by atoms with Crippen molar-refractivity contribution in [3.63, 3.8) is 0 Å². The number of furan rings is 2. The van der Waals surface area contributed by atoms with Crippen molar-refractivity contribution in [1.82, 2.24) is 0 Å². The SMILES string of the molecule is [2H]c1c([2H])c([2H])c(-c2c([2H])c([2H])c3c(c2[2H])C(C)(C)c2c([2H])c(-c4c5c([2H])c([2H])c([2H])c([2H])c5c(-c5c([2H])c([2H])c([2H])c6oc7c8c([2H])c([2H])c([2H])c([2H])c8c([2H])c([2H])c7c56)c5c([2H])c([2H])c([2H])c([2H])c45)c([2H])c([2H])c2-3)c([2H])c1[2H].[2H]c1c([2H])c2c(c(-c3c4c([2H])c([2H])c([2H])c([2H])c4c(-c4c([2H])c([2H])c([2H])c5oc6c7c([2H])c([2H])c([2H])c([2H])c7c([2H])c([2H])c6c45)c4c([2H])c([2H])c([2H])c([2H])c34)c1[2H])C(C([2H])([2H])[2H])(C([2H])([2H])[2H])c1ccccc1-2. The van der Waals surface area contributed by atoms with E-state index >= 15 is 0 Å². The zero-order chi connectivity index (χ0) is 112. The summed E-state index contributed by atoms with van der Waals surface area (Å²) in [5.41, 5.74) is -16.9. The summed E-state index contributed by atoms with van der Waals surface area (Å²) < 4.78 is 505. The summed E-state index contributed by atoms with van der Waals surface area (Å²) in [6, 6.07) is -36.7. The minimum atomic E-state index is -3.63. The third-order valence-corrected chi connectivity index (χ3v) is 18.0. The molecule has 2 aliphatic carbocycles. The Hall–Kier alpha value is -12.1. The van der Waals surface area contributed by atoms with E-state index in [1.165, 1.54) is 38.1 Å². The molecule has 0 saturated heterocycles. The van der Waals surface area contributed by atoms with Crippen LogP contribution in [0, 0.1) is 0 Å². The van der Waals surface area contributed by atoms with Gasteiger partial charge in [0.25, 0.3) is 0 Å². The van der Waals surface area contributed by atoms with Crippen LogP contribution in [0.5, 0.6) is 0 Å². The monoisotopic (exact) mass is 1300 g/mol. The highest BCUT2D eigenvalue weighted by molar-refractivity contribution is 6.29. The second kappa shape index (κ2) is 21.2. The lowest BCUT2D eigenvalue weighted by atomic mass is 9.76. The molecule has 98 heavy (non-hydrogen) atoms. The van der Waals surface area contributed by atoms with Crippen molar-refractivity contribution in [3.8, 4) is 77.9 Å². The molecule has 0 fully saturated rings. The minimum Gasteiger partial charge on any atom is -0.455 e. The molecule has 460 valence electrons. The summed E-state index contributed by atoms with van der Waals surface area (Å²) in [5, 5.41) is -9.67. The minimum absolute atomic E-state index is 0.155. The summed E-state index contributed by atoms with van der Waals surface area (Å²) in [5.74, 6) is 0. The molecule has 19 aromatic rings. The molecule has 2 aromatic heterocycles. The lowest BCUT2D eigenvalue weighted by molar-refractivity contribution is 0.661. The Morgan fingerprint density at radius 2 is 0.684 bits per heavy atom. The summed E-state index contributed by atoms with van der Waals surface area (Å²) in [4.78, 5) is 0. The summed E-state index contributed by atoms with van der Waals surface area (Å²) in [6.45, 7) is -4.35. The standard InChI is InChI=1S/C51H34O.C45H30O/c1-51(2)44-29-33(31-13-4-3-5-14-31)24-26-36(44)37-27-25-34(30-45(37)51)47-38-17-8-10-19-40(38)48(41-20-11-9-18-39(41)47)42-21-12-22-46-49(42)43-28-23-32-15-6-7-16-35(32)50(43)52-46;1-45(2)38-23-10-9-15-29(38)34-20-11-22-36(43(34)45)41-32-18-7-5-16-30(32)40(31-17-6-8-19-33(31)41)35-21-12-24-39-42(35)37-26-25-27-13-3-4-14-28(27)44(37)46-39/h3-30H,1-2H3;3-26H,1-2H3/i3D,4D,5D,6D,7D,8D,9D,10D,11D,12D,13D,14D,15D,16D,17D,18D,19D,20D,21D,22D,23D,24D,25D,26D,27D,28D,29D,30D;1D3,2D3,3D,4D,5D,6D,7D,8D,11D,12D,13D,14D,16D,17D,18D,19D,20D,21D,22D,24D,25D,26D. The van der Waals surface area contributed by atoms with Crippen LogP contribution in [-0.2, 0) is 10.8 Å². The van der Waals surface area contributed by atoms with Gasteiger partial charge in [-0.3, -0.25) is 0 Å². The van der Waals surface area contributed by atoms with Crippen molar-refractivity contribution in [3.05, 3.63) is 337 Å². The van der Waals surface area contributed by atoms with Gasteiger partial charge in [-0.25, -0.2) is 0 Å². The lowest BCUT2D eigenvalue weighted by Crippen LogP contribution is -2.16. The van der Waals surface area contributed by atoms with Gasteiger partial charge >= 0.3 is 0 Å². The van der Waals surface area contributed by atoms with Gasteiger partial charge < -0.3 is 8.83 Å². The van der Waals surface area contributed by atoms with Crippen LogP contribution in [0.15, 0.2) is 323 Å². The van der Waals surface area contributed by atoms with Crippen molar-refractivity contribution in [1.29, 1.82) is 0 Å².